The zero-order valence-corrected chi connectivity index (χ0v) is 10.8. The van der Waals surface area contributed by atoms with Crippen molar-refractivity contribution < 1.29 is 19.7 Å². The van der Waals surface area contributed by atoms with Crippen LogP contribution < -0.4 is 10.5 Å². The maximum Gasteiger partial charge on any atom is 0.326 e. The quantitative estimate of drug-likeness (QED) is 0.785. The van der Waals surface area contributed by atoms with Gasteiger partial charge in [-0.15, -0.1) is 11.3 Å². The number of rotatable bonds is 4. The van der Waals surface area contributed by atoms with Crippen molar-refractivity contribution in [3.63, 3.8) is 0 Å². The third-order valence-electron chi connectivity index (χ3n) is 2.53. The molecule has 0 aliphatic carbocycles. The van der Waals surface area contributed by atoms with E-state index >= 15 is 0 Å². The lowest BCUT2D eigenvalue weighted by molar-refractivity contribution is -0.138. The summed E-state index contributed by atoms with van der Waals surface area (Å²) < 4.78 is 5.01. The van der Waals surface area contributed by atoms with Gasteiger partial charge in [-0.05, 0) is 18.2 Å². The van der Waals surface area contributed by atoms with Crippen LogP contribution in [0.2, 0.25) is 0 Å². The van der Waals surface area contributed by atoms with E-state index < -0.39 is 12.0 Å². The standard InChI is InChI=1S/C12H12N2O4S/c1-18-9-4-6(2-3-8(9)15)11-14-7(5-19-11)10(13)12(16)17/h2-5,10,15H,13H2,1H3,(H,16,17). The monoisotopic (exact) mass is 280 g/mol. The second-order valence-electron chi connectivity index (χ2n) is 3.78. The van der Waals surface area contributed by atoms with Gasteiger partial charge in [0, 0.05) is 10.9 Å². The number of phenols is 1. The summed E-state index contributed by atoms with van der Waals surface area (Å²) in [6, 6.07) is 3.66. The number of hydrogen-bond acceptors (Lipinski definition) is 6. The van der Waals surface area contributed by atoms with E-state index in [0.29, 0.717) is 16.5 Å². The van der Waals surface area contributed by atoms with Crippen molar-refractivity contribution in [1.82, 2.24) is 4.98 Å². The predicted molar refractivity (Wildman–Crippen MR) is 70.3 cm³/mol. The van der Waals surface area contributed by atoms with E-state index in [-0.39, 0.29) is 5.75 Å². The zero-order valence-electron chi connectivity index (χ0n) is 10.0. The molecule has 0 saturated heterocycles. The number of aliphatic carboxylic acids is 1. The minimum absolute atomic E-state index is 0.0327. The molecule has 7 heteroatoms. The number of carboxylic acid groups (broad SMARTS) is 1. The Morgan fingerprint density at radius 2 is 2.26 bits per heavy atom. The van der Waals surface area contributed by atoms with E-state index in [2.05, 4.69) is 4.98 Å². The summed E-state index contributed by atoms with van der Waals surface area (Å²) in [7, 11) is 1.45. The van der Waals surface area contributed by atoms with Gasteiger partial charge in [0.05, 0.1) is 12.8 Å². The first-order valence-corrected chi connectivity index (χ1v) is 6.22. The minimum atomic E-state index is -1.14. The van der Waals surface area contributed by atoms with Crippen molar-refractivity contribution >= 4 is 17.3 Å². The molecule has 0 amide bonds. The highest BCUT2D eigenvalue weighted by molar-refractivity contribution is 7.13. The Bertz CT molecular complexity index is 612. The highest BCUT2D eigenvalue weighted by Gasteiger charge is 2.18. The van der Waals surface area contributed by atoms with E-state index in [1.807, 2.05) is 0 Å². The first-order chi connectivity index (χ1) is 9.02. The number of aromatic hydroxyl groups is 1. The van der Waals surface area contributed by atoms with Gasteiger partial charge < -0.3 is 20.7 Å². The largest absolute Gasteiger partial charge is 0.504 e. The molecular weight excluding hydrogens is 268 g/mol. The minimum Gasteiger partial charge on any atom is -0.504 e. The molecule has 0 aliphatic rings. The summed E-state index contributed by atoms with van der Waals surface area (Å²) >= 11 is 1.28. The van der Waals surface area contributed by atoms with Crippen molar-refractivity contribution in [2.24, 2.45) is 5.73 Å². The average molecular weight is 280 g/mol. The molecule has 6 nitrogen and oxygen atoms in total. The fourth-order valence-corrected chi connectivity index (χ4v) is 2.35. The SMILES string of the molecule is COc1cc(-c2nc(C(N)C(=O)O)cs2)ccc1O. The molecule has 0 bridgehead atoms. The summed E-state index contributed by atoms with van der Waals surface area (Å²) in [5.74, 6) is -0.762. The molecule has 0 spiro atoms. The van der Waals surface area contributed by atoms with Gasteiger partial charge in [-0.3, -0.25) is 4.79 Å². The van der Waals surface area contributed by atoms with Crippen molar-refractivity contribution in [2.45, 2.75) is 6.04 Å². The summed E-state index contributed by atoms with van der Waals surface area (Å²) in [4.78, 5) is 15.0. The molecule has 2 rings (SSSR count). The molecule has 1 aromatic carbocycles. The lowest BCUT2D eigenvalue weighted by Crippen LogP contribution is -2.20. The predicted octanol–water partition coefficient (Wildman–Crippen LogP) is 1.61. The first kappa shape index (κ1) is 13.3. The van der Waals surface area contributed by atoms with Gasteiger partial charge in [0.1, 0.15) is 11.0 Å². The number of nitrogens with two attached hydrogens (primary N) is 1. The third kappa shape index (κ3) is 2.67. The molecule has 0 radical (unpaired) electrons. The molecule has 19 heavy (non-hydrogen) atoms. The number of hydrogen-bond donors (Lipinski definition) is 3. The Morgan fingerprint density at radius 3 is 2.89 bits per heavy atom. The van der Waals surface area contributed by atoms with Gasteiger partial charge in [0.15, 0.2) is 11.5 Å². The van der Waals surface area contributed by atoms with Gasteiger partial charge in [-0.1, -0.05) is 0 Å². The number of aromatic nitrogens is 1. The van der Waals surface area contributed by atoms with E-state index in [4.69, 9.17) is 15.6 Å². The molecule has 1 atom stereocenters. The molecular formula is C12H12N2O4S. The van der Waals surface area contributed by atoms with Crippen LogP contribution in [0.25, 0.3) is 10.6 Å². The summed E-state index contributed by atoms with van der Waals surface area (Å²) in [5.41, 5.74) is 6.52. The second-order valence-corrected chi connectivity index (χ2v) is 4.64. The number of phenolic OH excluding ortho intramolecular Hbond substituents is 1. The van der Waals surface area contributed by atoms with Crippen LogP contribution in [-0.4, -0.2) is 28.3 Å². The molecule has 2 aromatic rings. The topological polar surface area (TPSA) is 106 Å². The van der Waals surface area contributed by atoms with Crippen LogP contribution in [0, 0.1) is 0 Å². The van der Waals surface area contributed by atoms with Gasteiger partial charge in [-0.25, -0.2) is 4.98 Å². The Hall–Kier alpha value is -2.12. The number of methoxy groups -OCH3 is 1. The van der Waals surface area contributed by atoms with Crippen LogP contribution in [-0.2, 0) is 4.79 Å². The fourth-order valence-electron chi connectivity index (χ4n) is 1.50. The van der Waals surface area contributed by atoms with Crippen LogP contribution in [0.5, 0.6) is 11.5 Å². The lowest BCUT2D eigenvalue weighted by atomic mass is 10.2. The number of ether oxygens (including phenoxy) is 1. The van der Waals surface area contributed by atoms with Gasteiger partial charge in [0.25, 0.3) is 0 Å². The normalized spacial score (nSPS) is 12.1. The van der Waals surface area contributed by atoms with Crippen molar-refractivity contribution in [3.8, 4) is 22.1 Å². The van der Waals surface area contributed by atoms with E-state index in [1.165, 1.54) is 24.5 Å². The van der Waals surface area contributed by atoms with Crippen LogP contribution in [0.15, 0.2) is 23.6 Å². The van der Waals surface area contributed by atoms with Crippen LogP contribution >= 0.6 is 11.3 Å². The number of carbonyl (C=O) groups is 1. The van der Waals surface area contributed by atoms with Crippen LogP contribution in [0.1, 0.15) is 11.7 Å². The summed E-state index contributed by atoms with van der Waals surface area (Å²) in [6.45, 7) is 0. The second kappa shape index (κ2) is 5.25. The Labute approximate surface area is 113 Å². The molecule has 0 saturated carbocycles. The summed E-state index contributed by atoms with van der Waals surface area (Å²) in [5, 5.41) is 20.5. The molecule has 1 unspecified atom stereocenters. The maximum absolute atomic E-state index is 10.8. The molecule has 0 aliphatic heterocycles. The average Bonchev–Trinajstić information content (AvgIpc) is 2.87. The summed E-state index contributed by atoms with van der Waals surface area (Å²) in [6.07, 6.45) is 0. The Balaban J connectivity index is 2.35. The molecule has 1 heterocycles. The smallest absolute Gasteiger partial charge is 0.326 e. The van der Waals surface area contributed by atoms with E-state index in [9.17, 15) is 9.90 Å². The highest BCUT2D eigenvalue weighted by Crippen LogP contribution is 2.33. The molecule has 100 valence electrons. The van der Waals surface area contributed by atoms with Crippen LogP contribution in [0.3, 0.4) is 0 Å². The van der Waals surface area contributed by atoms with Crippen LogP contribution in [0.4, 0.5) is 0 Å². The maximum atomic E-state index is 10.8. The lowest BCUT2D eigenvalue weighted by Gasteiger charge is -2.04. The zero-order chi connectivity index (χ0) is 14.0. The number of carboxylic acids is 1. The van der Waals surface area contributed by atoms with Gasteiger partial charge in [0.2, 0.25) is 0 Å². The Morgan fingerprint density at radius 1 is 1.53 bits per heavy atom. The van der Waals surface area contributed by atoms with E-state index in [0.717, 1.165) is 5.56 Å². The first-order valence-electron chi connectivity index (χ1n) is 5.34. The van der Waals surface area contributed by atoms with Crippen molar-refractivity contribution in [3.05, 3.63) is 29.3 Å². The fraction of sp³-hybridized carbons (Fsp3) is 0.167. The Kier molecular flexibility index (Phi) is 3.68. The molecule has 1 aromatic heterocycles. The number of nitrogens with zero attached hydrogens (tertiary/aromatic N) is 1. The van der Waals surface area contributed by atoms with Crippen molar-refractivity contribution in [1.29, 1.82) is 0 Å². The van der Waals surface area contributed by atoms with E-state index in [1.54, 1.807) is 17.5 Å². The van der Waals surface area contributed by atoms with Gasteiger partial charge in [-0.2, -0.15) is 0 Å². The molecule has 0 fully saturated rings. The van der Waals surface area contributed by atoms with Gasteiger partial charge >= 0.3 is 5.97 Å². The highest BCUT2D eigenvalue weighted by atomic mass is 32.1. The molecule has 4 N–H and O–H groups in total. The number of benzene rings is 1. The third-order valence-corrected chi connectivity index (χ3v) is 3.44. The van der Waals surface area contributed by atoms with Crippen molar-refractivity contribution in [2.75, 3.05) is 7.11 Å². The number of thiazole rings is 1.